The van der Waals surface area contributed by atoms with Gasteiger partial charge in [-0.15, -0.1) is 10.4 Å². The third-order valence-corrected chi connectivity index (χ3v) is 3.27. The molecule has 1 fully saturated rings. The summed E-state index contributed by atoms with van der Waals surface area (Å²) in [5.41, 5.74) is -0.465. The molecule has 0 N–H and O–H groups in total. The third-order valence-electron chi connectivity index (χ3n) is 3.27. The van der Waals surface area contributed by atoms with E-state index in [2.05, 4.69) is 0 Å². The number of likely N-dealkylation sites (tertiary alicyclic amines) is 1. The monoisotopic (exact) mass is 197 g/mol. The predicted octanol–water partition coefficient (Wildman–Crippen LogP) is -1.51. The van der Waals surface area contributed by atoms with Crippen molar-refractivity contribution in [1.82, 2.24) is 4.90 Å². The fraction of sp³-hybridized carbons (Fsp3) is 1.00. The Morgan fingerprint density at radius 2 is 1.31 bits per heavy atom. The second-order valence-corrected chi connectivity index (χ2v) is 5.61. The van der Waals surface area contributed by atoms with Crippen molar-refractivity contribution in [1.29, 1.82) is 0 Å². The SMILES string of the molecule is [B]C1N(C(C)(C)C)C([B])([B])C([B])([B])C1([B])[B]. The molecule has 1 unspecified atom stereocenters. The maximum atomic E-state index is 5.97. The molecule has 1 nitrogen and oxygen atoms in total. The molecular formula is C8H10B7N. The molecule has 0 bridgehead atoms. The average Bonchev–Trinajstić information content (AvgIpc) is 2.06. The third kappa shape index (κ3) is 1.59. The first-order chi connectivity index (χ1) is 6.78. The molecule has 68 valence electrons. The van der Waals surface area contributed by atoms with Crippen LogP contribution in [0.25, 0.3) is 0 Å². The summed E-state index contributed by atoms with van der Waals surface area (Å²) in [6.45, 7) is 5.62. The standard InChI is InChI=1S/C8H10B7N/c1-5(2,3)16-4(9)6(10,11)7(12,13)8(16,14)15/h4H,1-3H3. The molecule has 0 aromatic rings. The Bertz CT molecular complexity index is 293. The Labute approximate surface area is 108 Å². The Kier molecular flexibility index (Phi) is 3.13. The summed E-state index contributed by atoms with van der Waals surface area (Å²) in [5.74, 6) is -0.836. The minimum absolute atomic E-state index is 0.465. The van der Waals surface area contributed by atoms with E-state index >= 15 is 0 Å². The lowest BCUT2D eigenvalue weighted by atomic mass is 9.21. The molecule has 0 aromatic heterocycles. The van der Waals surface area contributed by atoms with Crippen LogP contribution >= 0.6 is 0 Å². The highest BCUT2D eigenvalue weighted by atomic mass is 15.3. The fourth-order valence-electron chi connectivity index (χ4n) is 2.21. The summed E-state index contributed by atoms with van der Waals surface area (Å²) in [4.78, 5) is 1.54. The molecule has 0 saturated carbocycles. The van der Waals surface area contributed by atoms with Crippen molar-refractivity contribution in [2.75, 3.05) is 0 Å². The van der Waals surface area contributed by atoms with Crippen LogP contribution in [0.4, 0.5) is 0 Å². The van der Waals surface area contributed by atoms with Gasteiger partial charge in [-0.2, -0.15) is 0 Å². The van der Waals surface area contributed by atoms with E-state index in [1.54, 1.807) is 4.90 Å². The summed E-state index contributed by atoms with van der Waals surface area (Å²) in [5, 5.41) is -4.87. The van der Waals surface area contributed by atoms with Crippen LogP contribution in [-0.4, -0.2) is 76.6 Å². The molecule has 1 heterocycles. The van der Waals surface area contributed by atoms with Gasteiger partial charge in [-0.25, -0.2) is 0 Å². The van der Waals surface area contributed by atoms with E-state index in [-0.39, 0.29) is 0 Å². The molecule has 1 aliphatic heterocycles. The number of nitrogens with zero attached hydrogens (tertiary/aromatic N) is 1. The van der Waals surface area contributed by atoms with Crippen LogP contribution in [0.15, 0.2) is 0 Å². The zero-order valence-corrected chi connectivity index (χ0v) is 10.1. The van der Waals surface area contributed by atoms with Crippen LogP contribution in [0, 0.1) is 0 Å². The van der Waals surface area contributed by atoms with Gasteiger partial charge in [0.15, 0.2) is 0 Å². The van der Waals surface area contributed by atoms with Crippen molar-refractivity contribution >= 4 is 54.9 Å². The second kappa shape index (κ2) is 3.46. The van der Waals surface area contributed by atoms with Gasteiger partial charge in [-0.1, -0.05) is 5.34 Å². The molecule has 0 spiro atoms. The van der Waals surface area contributed by atoms with E-state index in [0.29, 0.717) is 0 Å². The van der Waals surface area contributed by atoms with Crippen LogP contribution in [0.2, 0.25) is 10.4 Å². The van der Waals surface area contributed by atoms with Crippen LogP contribution in [0.5, 0.6) is 0 Å². The Morgan fingerprint density at radius 1 is 0.938 bits per heavy atom. The van der Waals surface area contributed by atoms with E-state index in [4.69, 9.17) is 54.9 Å². The van der Waals surface area contributed by atoms with Gasteiger partial charge < -0.3 is 4.90 Å². The summed E-state index contributed by atoms with van der Waals surface area (Å²) >= 11 is 0. The summed E-state index contributed by atoms with van der Waals surface area (Å²) in [6, 6.07) is 0. The smallest absolute Gasteiger partial charge is 0.0897 e. The molecule has 8 heteroatoms. The normalized spacial score (nSPS) is 32.6. The van der Waals surface area contributed by atoms with Gasteiger partial charge >= 0.3 is 0 Å². The summed E-state index contributed by atoms with van der Waals surface area (Å²) in [6.07, 6.45) is 0. The Morgan fingerprint density at radius 3 is 1.44 bits per heavy atom. The van der Waals surface area contributed by atoms with Crippen molar-refractivity contribution in [2.24, 2.45) is 0 Å². The molecule has 14 radical (unpaired) electrons. The van der Waals surface area contributed by atoms with Gasteiger partial charge in [-0.3, -0.25) is 0 Å². The van der Waals surface area contributed by atoms with Crippen molar-refractivity contribution in [3.05, 3.63) is 0 Å². The number of rotatable bonds is 0. The molecule has 1 saturated heterocycles. The first kappa shape index (κ1) is 14.5. The van der Waals surface area contributed by atoms with Crippen LogP contribution in [-0.2, 0) is 0 Å². The fourth-order valence-corrected chi connectivity index (χ4v) is 2.21. The first-order valence-corrected chi connectivity index (χ1v) is 5.06. The van der Waals surface area contributed by atoms with Gasteiger partial charge in [0.1, 0.15) is 0 Å². The van der Waals surface area contributed by atoms with E-state index in [9.17, 15) is 0 Å². The molecule has 0 aliphatic carbocycles. The van der Waals surface area contributed by atoms with Crippen LogP contribution < -0.4 is 0 Å². The maximum Gasteiger partial charge on any atom is 0.0897 e. The molecular weight excluding hydrogens is 186 g/mol. The van der Waals surface area contributed by atoms with Gasteiger partial charge in [0.2, 0.25) is 0 Å². The molecule has 16 heavy (non-hydrogen) atoms. The zero-order valence-electron chi connectivity index (χ0n) is 10.1. The summed E-state index contributed by atoms with van der Waals surface area (Å²) in [7, 11) is 41.3. The highest BCUT2D eigenvalue weighted by Gasteiger charge is 2.60. The Balaban J connectivity index is 3.36. The van der Waals surface area contributed by atoms with Crippen LogP contribution in [0.3, 0.4) is 0 Å². The maximum absolute atomic E-state index is 5.97. The van der Waals surface area contributed by atoms with E-state index in [0.717, 1.165) is 0 Å². The number of hydrogen-bond donors (Lipinski definition) is 0. The quantitative estimate of drug-likeness (QED) is 0.426. The van der Waals surface area contributed by atoms with E-state index in [1.807, 2.05) is 20.8 Å². The Hall–Kier alpha value is 0.415. The topological polar surface area (TPSA) is 3.24 Å². The summed E-state index contributed by atoms with van der Waals surface area (Å²) < 4.78 is 0. The molecule has 0 aromatic carbocycles. The highest BCUT2D eigenvalue weighted by molar-refractivity contribution is 6.64. The van der Waals surface area contributed by atoms with E-state index in [1.165, 1.54) is 0 Å². The molecule has 1 rings (SSSR count). The first-order valence-electron chi connectivity index (χ1n) is 5.06. The molecule has 0 amide bonds. The van der Waals surface area contributed by atoms with Gasteiger partial charge in [0.25, 0.3) is 0 Å². The van der Waals surface area contributed by atoms with E-state index < -0.39 is 27.2 Å². The van der Waals surface area contributed by atoms with Crippen molar-refractivity contribution in [3.8, 4) is 0 Å². The zero-order chi connectivity index (χ0) is 13.2. The van der Waals surface area contributed by atoms with Gasteiger partial charge in [0.05, 0.1) is 54.9 Å². The van der Waals surface area contributed by atoms with Gasteiger partial charge in [-0.05, 0) is 26.7 Å². The lowest BCUT2D eigenvalue weighted by Crippen LogP contribution is -2.61. The molecule has 1 aliphatic rings. The lowest BCUT2D eigenvalue weighted by Gasteiger charge is -2.52. The van der Waals surface area contributed by atoms with Gasteiger partial charge in [0, 0.05) is 5.54 Å². The minimum Gasteiger partial charge on any atom is -0.317 e. The second-order valence-electron chi connectivity index (χ2n) is 5.61. The van der Waals surface area contributed by atoms with Crippen molar-refractivity contribution < 1.29 is 0 Å². The average molecular weight is 196 g/mol. The largest absolute Gasteiger partial charge is 0.317 e. The minimum atomic E-state index is -1.70. The highest BCUT2D eigenvalue weighted by Crippen LogP contribution is 2.60. The lowest BCUT2D eigenvalue weighted by molar-refractivity contribution is 0.119. The number of hydrogen-bond acceptors (Lipinski definition) is 1. The van der Waals surface area contributed by atoms with Crippen molar-refractivity contribution in [3.63, 3.8) is 0 Å². The van der Waals surface area contributed by atoms with Crippen LogP contribution in [0.1, 0.15) is 20.8 Å². The molecule has 1 atom stereocenters. The predicted molar refractivity (Wildman–Crippen MR) is 73.8 cm³/mol. The van der Waals surface area contributed by atoms with Crippen molar-refractivity contribution in [2.45, 2.75) is 48.0 Å².